The minimum Gasteiger partial charge on any atom is -0.495 e. The molecule has 170 valence electrons. The van der Waals surface area contributed by atoms with E-state index < -0.39 is 5.41 Å². The number of hydrogen-bond donors (Lipinski definition) is 0. The van der Waals surface area contributed by atoms with Crippen molar-refractivity contribution in [3.63, 3.8) is 0 Å². The number of ether oxygens (including phenoxy) is 1. The Morgan fingerprint density at radius 2 is 2.09 bits per heavy atom. The molecule has 1 atom stereocenters. The van der Waals surface area contributed by atoms with Gasteiger partial charge in [-0.25, -0.2) is 19.0 Å². The van der Waals surface area contributed by atoms with Gasteiger partial charge < -0.3 is 9.30 Å². The quantitative estimate of drug-likeness (QED) is 0.437. The number of halogens is 1. The highest BCUT2D eigenvalue weighted by Gasteiger charge is 2.42. The smallest absolute Gasteiger partial charge is 0.174 e. The van der Waals surface area contributed by atoms with Crippen molar-refractivity contribution in [2.75, 3.05) is 7.11 Å². The Balaban J connectivity index is 1.47. The van der Waals surface area contributed by atoms with Crippen molar-refractivity contribution in [3.8, 4) is 17.5 Å². The second kappa shape index (κ2) is 8.60. The fourth-order valence-electron chi connectivity index (χ4n) is 4.44. The highest BCUT2D eigenvalue weighted by molar-refractivity contribution is 5.69. The van der Waals surface area contributed by atoms with E-state index in [1.54, 1.807) is 30.3 Å². The van der Waals surface area contributed by atoms with Crippen LogP contribution in [0.2, 0.25) is 0 Å². The molecule has 0 saturated heterocycles. The van der Waals surface area contributed by atoms with Crippen LogP contribution in [0.15, 0.2) is 55.0 Å². The Bertz CT molecular complexity index is 1430. The van der Waals surface area contributed by atoms with Crippen LogP contribution in [0, 0.1) is 24.1 Å². The van der Waals surface area contributed by atoms with Crippen LogP contribution in [-0.4, -0.2) is 31.4 Å². The Morgan fingerprint density at radius 3 is 2.82 bits per heavy atom. The number of aryl methyl sites for hydroxylation is 2. The van der Waals surface area contributed by atoms with Gasteiger partial charge in [0.1, 0.15) is 17.0 Å². The lowest BCUT2D eigenvalue weighted by molar-refractivity contribution is 0.392. The van der Waals surface area contributed by atoms with Crippen molar-refractivity contribution in [3.05, 3.63) is 89.3 Å². The number of methoxy groups -OCH3 is 1. The zero-order valence-electron chi connectivity index (χ0n) is 18.9. The second-order valence-electron chi connectivity index (χ2n) is 8.33. The topological polar surface area (TPSA) is 81.5 Å². The second-order valence-corrected chi connectivity index (χ2v) is 8.33. The maximum Gasteiger partial charge on any atom is 0.174 e. The third-order valence-electron chi connectivity index (χ3n) is 6.12. The van der Waals surface area contributed by atoms with Gasteiger partial charge >= 0.3 is 0 Å². The highest BCUT2D eigenvalue weighted by Crippen LogP contribution is 2.39. The molecule has 1 aliphatic rings. The number of rotatable bonds is 5. The molecule has 0 spiro atoms. The molecule has 5 rings (SSSR count). The van der Waals surface area contributed by atoms with Gasteiger partial charge in [-0.3, -0.25) is 0 Å². The van der Waals surface area contributed by atoms with E-state index in [-0.39, 0.29) is 5.82 Å². The van der Waals surface area contributed by atoms with E-state index in [1.807, 2.05) is 48.0 Å². The van der Waals surface area contributed by atoms with Crippen molar-refractivity contribution in [2.24, 2.45) is 0 Å². The highest BCUT2D eigenvalue weighted by atomic mass is 19.1. The van der Waals surface area contributed by atoms with Gasteiger partial charge in [0.15, 0.2) is 11.6 Å². The van der Waals surface area contributed by atoms with E-state index in [4.69, 9.17) is 4.74 Å². The standard InChI is InChI=1S/C26H23FN6O/c1-18-15-32(17-29-18)22-9-7-19(13-23(22)34-2)8-10-24-30-25-26(16-28,11-4-12-33(25)31-24)20-5-3-6-21(27)14-20/h3,5-10,13-15,17H,4,11-12H2,1-2H3/t26-/m0/s1. The summed E-state index contributed by atoms with van der Waals surface area (Å²) in [5.41, 5.74) is 2.32. The van der Waals surface area contributed by atoms with Gasteiger partial charge in [0.25, 0.3) is 0 Å². The van der Waals surface area contributed by atoms with E-state index in [9.17, 15) is 9.65 Å². The third-order valence-corrected chi connectivity index (χ3v) is 6.12. The maximum atomic E-state index is 13.9. The zero-order chi connectivity index (χ0) is 23.7. The number of benzene rings is 2. The van der Waals surface area contributed by atoms with Crippen LogP contribution < -0.4 is 4.74 Å². The summed E-state index contributed by atoms with van der Waals surface area (Å²) in [5.74, 6) is 1.40. The van der Waals surface area contributed by atoms with Gasteiger partial charge in [0.05, 0.1) is 30.9 Å². The molecule has 0 saturated carbocycles. The lowest BCUT2D eigenvalue weighted by Gasteiger charge is -2.30. The molecule has 4 aromatic rings. The van der Waals surface area contributed by atoms with Crippen LogP contribution >= 0.6 is 0 Å². The Labute approximate surface area is 196 Å². The van der Waals surface area contributed by atoms with Gasteiger partial charge in [-0.05, 0) is 61.2 Å². The van der Waals surface area contributed by atoms with Crippen LogP contribution in [0.1, 0.15) is 41.3 Å². The molecule has 0 aliphatic carbocycles. The van der Waals surface area contributed by atoms with Crippen molar-refractivity contribution in [2.45, 2.75) is 31.7 Å². The molecule has 8 heteroatoms. The van der Waals surface area contributed by atoms with E-state index in [0.717, 1.165) is 23.4 Å². The van der Waals surface area contributed by atoms with Crippen molar-refractivity contribution in [1.29, 1.82) is 5.26 Å². The predicted octanol–water partition coefficient (Wildman–Crippen LogP) is 4.69. The minimum atomic E-state index is -1.02. The molecule has 2 aromatic carbocycles. The maximum absolute atomic E-state index is 13.9. The molecular weight excluding hydrogens is 431 g/mol. The predicted molar refractivity (Wildman–Crippen MR) is 126 cm³/mol. The fraction of sp³-hybridized carbons (Fsp3) is 0.231. The largest absolute Gasteiger partial charge is 0.495 e. The van der Waals surface area contributed by atoms with Crippen LogP contribution in [0.25, 0.3) is 17.8 Å². The number of nitrogens with zero attached hydrogens (tertiary/aromatic N) is 6. The molecule has 3 heterocycles. The number of nitriles is 1. The van der Waals surface area contributed by atoms with Crippen LogP contribution in [0.3, 0.4) is 0 Å². The lowest BCUT2D eigenvalue weighted by atomic mass is 9.75. The molecule has 34 heavy (non-hydrogen) atoms. The Kier molecular flexibility index (Phi) is 5.46. The van der Waals surface area contributed by atoms with Crippen molar-refractivity contribution < 1.29 is 9.13 Å². The summed E-state index contributed by atoms with van der Waals surface area (Å²) in [7, 11) is 1.63. The molecule has 0 unspecified atom stereocenters. The van der Waals surface area contributed by atoms with E-state index in [2.05, 4.69) is 21.1 Å². The third kappa shape index (κ3) is 3.75. The van der Waals surface area contributed by atoms with E-state index >= 15 is 0 Å². The van der Waals surface area contributed by atoms with Gasteiger partial charge in [0.2, 0.25) is 0 Å². The summed E-state index contributed by atoms with van der Waals surface area (Å²) in [5, 5.41) is 14.7. The summed E-state index contributed by atoms with van der Waals surface area (Å²) in [6, 6.07) is 14.5. The Hall–Kier alpha value is -4.25. The first-order valence-corrected chi connectivity index (χ1v) is 11.0. The number of imidazole rings is 1. The first kappa shape index (κ1) is 21.6. The van der Waals surface area contributed by atoms with Crippen molar-refractivity contribution in [1.82, 2.24) is 24.3 Å². The molecule has 7 nitrogen and oxygen atoms in total. The van der Waals surface area contributed by atoms with Crippen LogP contribution in [-0.2, 0) is 12.0 Å². The van der Waals surface area contributed by atoms with E-state index in [1.165, 1.54) is 12.1 Å². The number of fused-ring (bicyclic) bond motifs is 1. The molecule has 0 N–H and O–H groups in total. The van der Waals surface area contributed by atoms with Crippen molar-refractivity contribution >= 4 is 12.2 Å². The number of aromatic nitrogens is 5. The van der Waals surface area contributed by atoms with Gasteiger partial charge in [-0.1, -0.05) is 24.3 Å². The average molecular weight is 455 g/mol. The minimum absolute atomic E-state index is 0.368. The first-order valence-electron chi connectivity index (χ1n) is 11.0. The van der Waals surface area contributed by atoms with Gasteiger partial charge in [-0.2, -0.15) is 10.4 Å². The molecular formula is C26H23FN6O. The zero-order valence-corrected chi connectivity index (χ0v) is 18.9. The van der Waals surface area contributed by atoms with Gasteiger partial charge in [0, 0.05) is 12.7 Å². The lowest BCUT2D eigenvalue weighted by Crippen LogP contribution is -2.34. The fourth-order valence-corrected chi connectivity index (χ4v) is 4.44. The molecule has 1 aliphatic heterocycles. The van der Waals surface area contributed by atoms with Crippen LogP contribution in [0.4, 0.5) is 4.39 Å². The monoisotopic (exact) mass is 454 g/mol. The van der Waals surface area contributed by atoms with Gasteiger partial charge in [-0.15, -0.1) is 0 Å². The SMILES string of the molecule is COc1cc(C=Cc2nc3n(n2)CCC[C@]3(C#N)c2cccc(F)c2)ccc1-n1cnc(C)c1. The summed E-state index contributed by atoms with van der Waals surface area (Å²) < 4.78 is 23.2. The molecule has 0 bridgehead atoms. The van der Waals surface area contributed by atoms with Crippen LogP contribution in [0.5, 0.6) is 5.75 Å². The number of hydrogen-bond acceptors (Lipinski definition) is 5. The molecule has 0 fully saturated rings. The summed E-state index contributed by atoms with van der Waals surface area (Å²) in [4.78, 5) is 8.96. The summed E-state index contributed by atoms with van der Waals surface area (Å²) in [6.45, 7) is 2.61. The Morgan fingerprint density at radius 1 is 1.21 bits per heavy atom. The molecule has 0 radical (unpaired) electrons. The average Bonchev–Trinajstić information content (AvgIpc) is 3.48. The molecule has 0 amide bonds. The summed E-state index contributed by atoms with van der Waals surface area (Å²) >= 11 is 0. The normalized spacial score (nSPS) is 17.5. The molecule has 2 aromatic heterocycles. The summed E-state index contributed by atoms with van der Waals surface area (Å²) in [6.07, 6.45) is 8.74. The first-order chi connectivity index (χ1) is 16.5. The van der Waals surface area contributed by atoms with E-state index in [0.29, 0.717) is 35.9 Å².